The molecule has 6 nitrogen and oxygen atoms in total. The predicted octanol–water partition coefficient (Wildman–Crippen LogP) is 0.418. The molecule has 92 valence electrons. The molecular formula is C11H15N3O3. The van der Waals surface area contributed by atoms with Gasteiger partial charge in [0.05, 0.1) is 5.69 Å². The summed E-state index contributed by atoms with van der Waals surface area (Å²) in [6, 6.07) is 0.984. The Bertz CT molecular complexity index is 467. The Labute approximate surface area is 98.8 Å². The van der Waals surface area contributed by atoms with Gasteiger partial charge in [0.15, 0.2) is 0 Å². The lowest BCUT2D eigenvalue weighted by atomic mass is 10.2. The number of hydrogen-bond donors (Lipinski definition) is 1. The summed E-state index contributed by atoms with van der Waals surface area (Å²) in [5.41, 5.74) is 1.19. The zero-order chi connectivity index (χ0) is 12.6. The smallest absolute Gasteiger partial charge is 0.326 e. The number of carbonyl (C=O) groups is 2. The first kappa shape index (κ1) is 11.6. The molecule has 1 aliphatic heterocycles. The van der Waals surface area contributed by atoms with Crippen LogP contribution in [0.5, 0.6) is 0 Å². The monoisotopic (exact) mass is 237 g/mol. The van der Waals surface area contributed by atoms with Crippen molar-refractivity contribution in [1.82, 2.24) is 14.7 Å². The van der Waals surface area contributed by atoms with Gasteiger partial charge in [0, 0.05) is 13.6 Å². The molecule has 0 spiro atoms. The number of carbonyl (C=O) groups excluding carboxylic acids is 1. The summed E-state index contributed by atoms with van der Waals surface area (Å²) >= 11 is 0. The van der Waals surface area contributed by atoms with E-state index in [0.29, 0.717) is 18.7 Å². The highest BCUT2D eigenvalue weighted by molar-refractivity contribution is 5.95. The van der Waals surface area contributed by atoms with Crippen molar-refractivity contribution >= 4 is 11.9 Å². The average Bonchev–Trinajstić information content (AvgIpc) is 2.83. The fourth-order valence-corrected chi connectivity index (χ4v) is 2.22. The third kappa shape index (κ3) is 2.02. The first-order valence-corrected chi connectivity index (χ1v) is 5.55. The molecule has 1 fully saturated rings. The van der Waals surface area contributed by atoms with E-state index in [1.807, 2.05) is 0 Å². The van der Waals surface area contributed by atoms with Gasteiger partial charge in [-0.15, -0.1) is 0 Å². The third-order valence-electron chi connectivity index (χ3n) is 3.02. The van der Waals surface area contributed by atoms with Gasteiger partial charge in [-0.25, -0.2) is 4.79 Å². The van der Waals surface area contributed by atoms with Gasteiger partial charge >= 0.3 is 5.97 Å². The summed E-state index contributed by atoms with van der Waals surface area (Å²) < 4.78 is 1.49. The van der Waals surface area contributed by atoms with Crippen LogP contribution in [0.3, 0.4) is 0 Å². The van der Waals surface area contributed by atoms with Crippen LogP contribution in [0.25, 0.3) is 0 Å². The van der Waals surface area contributed by atoms with E-state index in [0.717, 1.165) is 12.1 Å². The Morgan fingerprint density at radius 3 is 2.76 bits per heavy atom. The van der Waals surface area contributed by atoms with Gasteiger partial charge in [-0.05, 0) is 25.8 Å². The van der Waals surface area contributed by atoms with E-state index >= 15 is 0 Å². The predicted molar refractivity (Wildman–Crippen MR) is 59.6 cm³/mol. The Morgan fingerprint density at radius 2 is 2.24 bits per heavy atom. The maximum absolute atomic E-state index is 12.2. The van der Waals surface area contributed by atoms with Gasteiger partial charge in [-0.3, -0.25) is 9.48 Å². The molecule has 0 unspecified atom stereocenters. The van der Waals surface area contributed by atoms with Crippen molar-refractivity contribution in [2.45, 2.75) is 25.8 Å². The number of aromatic nitrogens is 2. The average molecular weight is 237 g/mol. The fraction of sp³-hybridized carbons (Fsp3) is 0.545. The summed E-state index contributed by atoms with van der Waals surface area (Å²) in [6.07, 6.45) is 1.26. The Hall–Kier alpha value is -1.85. The van der Waals surface area contributed by atoms with E-state index < -0.39 is 12.0 Å². The van der Waals surface area contributed by atoms with E-state index in [2.05, 4.69) is 5.10 Å². The first-order chi connectivity index (χ1) is 8.00. The summed E-state index contributed by atoms with van der Waals surface area (Å²) in [6.45, 7) is 2.30. The van der Waals surface area contributed by atoms with E-state index in [1.54, 1.807) is 20.0 Å². The maximum atomic E-state index is 12.2. The summed E-state index contributed by atoms with van der Waals surface area (Å²) in [4.78, 5) is 24.6. The van der Waals surface area contributed by atoms with Gasteiger partial charge in [0.1, 0.15) is 11.7 Å². The molecule has 1 amide bonds. The number of carboxylic acid groups (broad SMARTS) is 1. The van der Waals surface area contributed by atoms with Gasteiger partial charge in [0.2, 0.25) is 0 Å². The van der Waals surface area contributed by atoms with Gasteiger partial charge in [-0.2, -0.15) is 5.10 Å². The molecule has 17 heavy (non-hydrogen) atoms. The van der Waals surface area contributed by atoms with E-state index in [1.165, 1.54) is 9.58 Å². The zero-order valence-corrected chi connectivity index (χ0v) is 9.88. The second-order valence-electron chi connectivity index (χ2n) is 4.29. The van der Waals surface area contributed by atoms with Crippen molar-refractivity contribution in [2.24, 2.45) is 7.05 Å². The second-order valence-corrected chi connectivity index (χ2v) is 4.29. The van der Waals surface area contributed by atoms with Crippen LogP contribution in [0.2, 0.25) is 0 Å². The molecular weight excluding hydrogens is 222 g/mol. The van der Waals surface area contributed by atoms with Crippen molar-refractivity contribution < 1.29 is 14.7 Å². The molecule has 1 aliphatic rings. The molecule has 0 radical (unpaired) electrons. The van der Waals surface area contributed by atoms with Crippen molar-refractivity contribution in [2.75, 3.05) is 6.54 Å². The number of carboxylic acids is 1. The molecule has 6 heteroatoms. The SMILES string of the molecule is Cc1cc(C(=O)N2CCC[C@H]2C(=O)O)n(C)n1. The minimum atomic E-state index is -0.935. The van der Waals surface area contributed by atoms with Crippen LogP contribution >= 0.6 is 0 Å². The van der Waals surface area contributed by atoms with Crippen molar-refractivity contribution in [3.05, 3.63) is 17.5 Å². The van der Waals surface area contributed by atoms with Crippen LogP contribution in [-0.4, -0.2) is 44.3 Å². The van der Waals surface area contributed by atoms with Crippen LogP contribution in [0.15, 0.2) is 6.07 Å². The molecule has 2 rings (SSSR count). The number of likely N-dealkylation sites (tertiary alicyclic amines) is 1. The van der Waals surface area contributed by atoms with E-state index in [4.69, 9.17) is 5.11 Å². The Morgan fingerprint density at radius 1 is 1.53 bits per heavy atom. The van der Waals surface area contributed by atoms with Crippen LogP contribution in [0, 0.1) is 6.92 Å². The minimum absolute atomic E-state index is 0.252. The van der Waals surface area contributed by atoms with Crippen LogP contribution < -0.4 is 0 Å². The summed E-state index contributed by atoms with van der Waals surface area (Å²) in [5, 5.41) is 13.1. The molecule has 0 aliphatic carbocycles. The largest absolute Gasteiger partial charge is 0.480 e. The van der Waals surface area contributed by atoms with E-state index in [9.17, 15) is 9.59 Å². The normalized spacial score (nSPS) is 19.6. The van der Waals surface area contributed by atoms with Gasteiger partial charge in [0.25, 0.3) is 5.91 Å². The number of amides is 1. The number of rotatable bonds is 2. The lowest BCUT2D eigenvalue weighted by Gasteiger charge is -2.21. The van der Waals surface area contributed by atoms with Crippen LogP contribution in [0.1, 0.15) is 29.0 Å². The molecule has 1 aromatic rings. The summed E-state index contributed by atoms with van der Waals surface area (Å²) in [5.74, 6) is -1.19. The zero-order valence-electron chi connectivity index (χ0n) is 9.88. The molecule has 1 atom stereocenters. The van der Waals surface area contributed by atoms with Crippen LogP contribution in [0.4, 0.5) is 0 Å². The Balaban J connectivity index is 2.25. The highest BCUT2D eigenvalue weighted by Gasteiger charge is 2.35. The van der Waals surface area contributed by atoms with E-state index in [-0.39, 0.29) is 5.91 Å². The third-order valence-corrected chi connectivity index (χ3v) is 3.02. The molecule has 1 aromatic heterocycles. The highest BCUT2D eigenvalue weighted by Crippen LogP contribution is 2.20. The van der Waals surface area contributed by atoms with Crippen LogP contribution in [-0.2, 0) is 11.8 Å². The van der Waals surface area contributed by atoms with Crippen molar-refractivity contribution in [3.8, 4) is 0 Å². The maximum Gasteiger partial charge on any atom is 0.326 e. The lowest BCUT2D eigenvalue weighted by molar-refractivity contribution is -0.141. The molecule has 1 N–H and O–H groups in total. The highest BCUT2D eigenvalue weighted by atomic mass is 16.4. The number of aliphatic carboxylic acids is 1. The van der Waals surface area contributed by atoms with Crippen molar-refractivity contribution in [3.63, 3.8) is 0 Å². The van der Waals surface area contributed by atoms with Crippen molar-refractivity contribution in [1.29, 1.82) is 0 Å². The minimum Gasteiger partial charge on any atom is -0.480 e. The lowest BCUT2D eigenvalue weighted by Crippen LogP contribution is -2.41. The number of aryl methyl sites for hydroxylation is 2. The number of nitrogens with zero attached hydrogens (tertiary/aromatic N) is 3. The van der Waals surface area contributed by atoms with Gasteiger partial charge < -0.3 is 10.0 Å². The molecule has 2 heterocycles. The first-order valence-electron chi connectivity index (χ1n) is 5.55. The molecule has 1 saturated heterocycles. The molecule has 0 saturated carbocycles. The summed E-state index contributed by atoms with van der Waals surface area (Å²) in [7, 11) is 1.69. The fourth-order valence-electron chi connectivity index (χ4n) is 2.22. The quantitative estimate of drug-likeness (QED) is 0.808. The van der Waals surface area contributed by atoms with Gasteiger partial charge in [-0.1, -0.05) is 0 Å². The standard InChI is InChI=1S/C11H15N3O3/c1-7-6-9(13(2)12-7)10(15)14-5-3-4-8(14)11(16)17/h6,8H,3-5H2,1-2H3,(H,16,17)/t8-/m0/s1. The Kier molecular flexibility index (Phi) is 2.87. The molecule has 0 aromatic carbocycles. The molecule has 0 bridgehead atoms. The number of hydrogen-bond acceptors (Lipinski definition) is 3. The topological polar surface area (TPSA) is 75.4 Å². The second kappa shape index (κ2) is 4.20.